The Balaban J connectivity index is 1.08. The Kier molecular flexibility index (Phi) is 7.68. The maximum Gasteiger partial charge on any atom is 0.160 e. The van der Waals surface area contributed by atoms with E-state index in [-0.39, 0.29) is 0 Å². The summed E-state index contributed by atoms with van der Waals surface area (Å²) >= 11 is 1.88. The first-order chi connectivity index (χ1) is 27.8. The van der Waals surface area contributed by atoms with Gasteiger partial charge in [-0.2, -0.15) is 0 Å². The molecule has 56 heavy (non-hydrogen) atoms. The van der Waals surface area contributed by atoms with E-state index >= 15 is 0 Å². The summed E-state index contributed by atoms with van der Waals surface area (Å²) in [6.45, 7) is 0. The lowest BCUT2D eigenvalue weighted by Gasteiger charge is -2.40. The van der Waals surface area contributed by atoms with Crippen LogP contribution < -0.4 is 0 Å². The molecule has 0 atom stereocenters. The molecular weight excluding hydrogens is 697 g/mol. The molecule has 2 heterocycles. The highest BCUT2D eigenvalue weighted by Crippen LogP contribution is 2.62. The van der Waals surface area contributed by atoms with Crippen molar-refractivity contribution in [1.82, 2.24) is 9.97 Å². The van der Waals surface area contributed by atoms with Crippen LogP contribution in [0.2, 0.25) is 0 Å². The first-order valence-corrected chi connectivity index (χ1v) is 19.9. The summed E-state index contributed by atoms with van der Waals surface area (Å²) in [6, 6.07) is 74.4. The Labute approximate surface area is 331 Å². The summed E-state index contributed by atoms with van der Waals surface area (Å²) in [5.41, 5.74) is 17.1. The van der Waals surface area contributed by atoms with Crippen LogP contribution in [0.15, 0.2) is 216 Å². The molecule has 11 rings (SSSR count). The van der Waals surface area contributed by atoms with Gasteiger partial charge < -0.3 is 0 Å². The fraction of sp³-hybridized carbons (Fsp3) is 0.0189. The quantitative estimate of drug-likeness (QED) is 0.176. The summed E-state index contributed by atoms with van der Waals surface area (Å²) in [4.78, 5) is 13.0. The van der Waals surface area contributed by atoms with E-state index in [9.17, 15) is 0 Å². The average Bonchev–Trinajstić information content (AvgIpc) is 3.57. The molecule has 0 saturated heterocycles. The van der Waals surface area contributed by atoms with Crippen LogP contribution in [-0.4, -0.2) is 9.97 Å². The molecule has 3 heteroatoms. The van der Waals surface area contributed by atoms with Crippen LogP contribution in [0, 0.1) is 0 Å². The number of aromatic nitrogens is 2. The second kappa shape index (κ2) is 13.2. The monoisotopic (exact) mass is 730 g/mol. The van der Waals surface area contributed by atoms with E-state index in [4.69, 9.17) is 9.97 Å². The van der Waals surface area contributed by atoms with Gasteiger partial charge in [0, 0.05) is 26.5 Å². The molecule has 262 valence electrons. The Morgan fingerprint density at radius 2 is 0.821 bits per heavy atom. The van der Waals surface area contributed by atoms with E-state index in [0.717, 1.165) is 44.8 Å². The van der Waals surface area contributed by atoms with Crippen molar-refractivity contribution in [1.29, 1.82) is 0 Å². The normalized spacial score (nSPS) is 13.1. The van der Waals surface area contributed by atoms with Crippen LogP contribution in [0.25, 0.3) is 67.3 Å². The molecule has 0 amide bonds. The van der Waals surface area contributed by atoms with Crippen molar-refractivity contribution < 1.29 is 0 Å². The van der Waals surface area contributed by atoms with Crippen LogP contribution in [0.1, 0.15) is 22.3 Å². The van der Waals surface area contributed by atoms with E-state index in [1.54, 1.807) is 0 Å². The lowest BCUT2D eigenvalue weighted by atomic mass is 9.67. The molecule has 1 aliphatic heterocycles. The van der Waals surface area contributed by atoms with Gasteiger partial charge in [-0.05, 0) is 86.0 Å². The minimum absolute atomic E-state index is 0.420. The van der Waals surface area contributed by atoms with Gasteiger partial charge in [0.25, 0.3) is 0 Å². The summed E-state index contributed by atoms with van der Waals surface area (Å²) in [5.74, 6) is 0.705. The lowest BCUT2D eigenvalue weighted by Crippen LogP contribution is -2.32. The predicted octanol–water partition coefficient (Wildman–Crippen LogP) is 13.6. The van der Waals surface area contributed by atoms with Crippen molar-refractivity contribution in [3.8, 4) is 67.3 Å². The fourth-order valence-corrected chi connectivity index (χ4v) is 10.1. The summed E-state index contributed by atoms with van der Waals surface area (Å²) in [5, 5.41) is 0. The number of benzene rings is 8. The predicted molar refractivity (Wildman–Crippen MR) is 231 cm³/mol. The largest absolute Gasteiger partial charge is 0.228 e. The van der Waals surface area contributed by atoms with Crippen molar-refractivity contribution in [2.75, 3.05) is 0 Å². The number of hydrogen-bond donors (Lipinski definition) is 0. The average molecular weight is 731 g/mol. The van der Waals surface area contributed by atoms with E-state index in [1.807, 2.05) is 30.0 Å². The number of nitrogens with zero attached hydrogens (tertiary/aromatic N) is 2. The molecule has 1 aliphatic carbocycles. The van der Waals surface area contributed by atoms with Gasteiger partial charge in [-0.25, -0.2) is 9.97 Å². The molecule has 1 aromatic heterocycles. The highest BCUT2D eigenvalue weighted by molar-refractivity contribution is 7.99. The highest BCUT2D eigenvalue weighted by Gasteiger charge is 2.50. The maximum atomic E-state index is 5.23. The topological polar surface area (TPSA) is 25.8 Å². The molecule has 0 bridgehead atoms. The van der Waals surface area contributed by atoms with Gasteiger partial charge in [0.05, 0.1) is 16.8 Å². The van der Waals surface area contributed by atoms with Crippen molar-refractivity contribution in [3.05, 3.63) is 229 Å². The third-order valence-corrected chi connectivity index (χ3v) is 12.5. The molecule has 2 aliphatic rings. The zero-order valence-electron chi connectivity index (χ0n) is 30.4. The zero-order valence-corrected chi connectivity index (χ0v) is 31.2. The fourth-order valence-electron chi connectivity index (χ4n) is 8.92. The summed E-state index contributed by atoms with van der Waals surface area (Å²) < 4.78 is 0. The van der Waals surface area contributed by atoms with Gasteiger partial charge in [0.1, 0.15) is 0 Å². The van der Waals surface area contributed by atoms with Crippen molar-refractivity contribution in [2.24, 2.45) is 0 Å². The minimum atomic E-state index is -0.420. The molecule has 8 aromatic carbocycles. The molecule has 9 aromatic rings. The van der Waals surface area contributed by atoms with Gasteiger partial charge in [0.2, 0.25) is 0 Å². The second-order valence-electron chi connectivity index (χ2n) is 14.5. The minimum Gasteiger partial charge on any atom is -0.228 e. The number of hydrogen-bond acceptors (Lipinski definition) is 3. The molecule has 0 saturated carbocycles. The van der Waals surface area contributed by atoms with E-state index in [2.05, 4.69) is 188 Å². The van der Waals surface area contributed by atoms with Crippen LogP contribution >= 0.6 is 11.8 Å². The third-order valence-electron chi connectivity index (χ3n) is 11.4. The SMILES string of the molecule is c1ccc(-c2nc(-c3cccc(-c4ccc5c(c4)C4(c6ccccc6S5)c5ccccc5-c5ccccc54)c3)cc(-c3ccccc3-c3ccccc3)n2)cc1. The first-order valence-electron chi connectivity index (χ1n) is 19.1. The Hall–Kier alpha value is -6.81. The van der Waals surface area contributed by atoms with Crippen LogP contribution in [-0.2, 0) is 5.41 Å². The molecule has 2 nitrogen and oxygen atoms in total. The Morgan fingerprint density at radius 1 is 0.304 bits per heavy atom. The number of fused-ring (bicyclic) bond motifs is 9. The van der Waals surface area contributed by atoms with E-state index in [1.165, 1.54) is 48.7 Å². The summed E-state index contributed by atoms with van der Waals surface area (Å²) in [6.07, 6.45) is 0. The molecular formula is C53H34N2S. The highest BCUT2D eigenvalue weighted by atomic mass is 32.2. The first kappa shape index (κ1) is 32.6. The molecule has 0 N–H and O–H groups in total. The lowest BCUT2D eigenvalue weighted by molar-refractivity contribution is 0.723. The van der Waals surface area contributed by atoms with Gasteiger partial charge in [0.15, 0.2) is 5.82 Å². The second-order valence-corrected chi connectivity index (χ2v) is 15.6. The van der Waals surface area contributed by atoms with Crippen LogP contribution in [0.5, 0.6) is 0 Å². The Morgan fingerprint density at radius 3 is 1.55 bits per heavy atom. The van der Waals surface area contributed by atoms with Crippen molar-refractivity contribution in [2.45, 2.75) is 15.2 Å². The molecule has 0 fully saturated rings. The summed E-state index contributed by atoms with van der Waals surface area (Å²) in [7, 11) is 0. The number of rotatable bonds is 5. The van der Waals surface area contributed by atoms with Crippen LogP contribution in [0.3, 0.4) is 0 Å². The molecule has 0 unspecified atom stereocenters. The van der Waals surface area contributed by atoms with E-state index < -0.39 is 5.41 Å². The third kappa shape index (κ3) is 5.12. The van der Waals surface area contributed by atoms with Crippen molar-refractivity contribution in [3.63, 3.8) is 0 Å². The van der Waals surface area contributed by atoms with Gasteiger partial charge >= 0.3 is 0 Å². The van der Waals surface area contributed by atoms with Crippen LogP contribution in [0.4, 0.5) is 0 Å². The molecule has 1 spiro atoms. The maximum absolute atomic E-state index is 5.23. The van der Waals surface area contributed by atoms with Gasteiger partial charge in [-0.1, -0.05) is 188 Å². The standard InChI is InChI=1S/C53H34N2S/c1-3-16-35(17-4-1)40-22-7-8-25-43(40)49-34-48(54-52(55-49)36-18-5-2-6-19-36)39-21-15-20-37(32-39)38-30-31-51-47(33-38)53(46-28-13-14-29-50(46)56-51)44-26-11-9-23-41(44)42-24-10-12-27-45(42)53/h1-34H. The molecule has 0 radical (unpaired) electrons. The zero-order chi connectivity index (χ0) is 37.1. The van der Waals surface area contributed by atoms with Gasteiger partial charge in [-0.15, -0.1) is 0 Å². The smallest absolute Gasteiger partial charge is 0.160 e. The van der Waals surface area contributed by atoms with E-state index in [0.29, 0.717) is 5.82 Å². The van der Waals surface area contributed by atoms with Crippen molar-refractivity contribution >= 4 is 11.8 Å². The van der Waals surface area contributed by atoms with Gasteiger partial charge in [-0.3, -0.25) is 0 Å². The Bertz CT molecular complexity index is 2910.